The maximum Gasteiger partial charge on any atom is 0.189 e. The number of nitrogens with zero attached hydrogens (tertiary/aromatic N) is 1. The Bertz CT molecular complexity index is 322. The summed E-state index contributed by atoms with van der Waals surface area (Å²) in [6.07, 6.45) is 13.4. The van der Waals surface area contributed by atoms with Crippen LogP contribution < -0.4 is 0 Å². The molecule has 0 aliphatic carbocycles. The highest BCUT2D eigenvalue weighted by Gasteiger charge is 2.33. The van der Waals surface area contributed by atoms with Gasteiger partial charge >= 0.3 is 0 Å². The Labute approximate surface area is 139 Å². The van der Waals surface area contributed by atoms with Crippen LogP contribution in [0, 0.1) is 11.3 Å². The van der Waals surface area contributed by atoms with E-state index in [2.05, 4.69) is 34.6 Å². The van der Waals surface area contributed by atoms with E-state index in [1.807, 2.05) is 0 Å². The summed E-state index contributed by atoms with van der Waals surface area (Å²) in [4.78, 5) is 4.87. The topological polar surface area (TPSA) is 21.6 Å². The SMILES string of the molecule is CCCCCCCCCCC(C)(C)C1=NC(C(C)CC)CO1. The minimum absolute atomic E-state index is 0.115. The van der Waals surface area contributed by atoms with E-state index in [0.717, 1.165) is 12.5 Å². The number of hydrogen-bond donors (Lipinski definition) is 0. The van der Waals surface area contributed by atoms with Crippen LogP contribution in [0.2, 0.25) is 0 Å². The Morgan fingerprint density at radius 3 is 2.23 bits per heavy atom. The van der Waals surface area contributed by atoms with Gasteiger partial charge in [0.05, 0.1) is 6.04 Å². The van der Waals surface area contributed by atoms with Gasteiger partial charge in [0.15, 0.2) is 5.90 Å². The minimum Gasteiger partial charge on any atom is -0.478 e. The second-order valence-corrected chi connectivity index (χ2v) is 7.81. The average molecular weight is 310 g/mol. The van der Waals surface area contributed by atoms with Crippen molar-refractivity contribution in [2.45, 2.75) is 105 Å². The van der Waals surface area contributed by atoms with Gasteiger partial charge in [-0.05, 0) is 12.3 Å². The number of ether oxygens (including phenoxy) is 1. The fourth-order valence-electron chi connectivity index (χ4n) is 3.13. The van der Waals surface area contributed by atoms with E-state index >= 15 is 0 Å². The van der Waals surface area contributed by atoms with Crippen LogP contribution in [0.5, 0.6) is 0 Å². The van der Waals surface area contributed by atoms with E-state index in [4.69, 9.17) is 9.73 Å². The van der Waals surface area contributed by atoms with Crippen molar-refractivity contribution in [3.63, 3.8) is 0 Å². The van der Waals surface area contributed by atoms with Crippen molar-refractivity contribution in [2.75, 3.05) is 6.61 Å². The zero-order valence-electron chi connectivity index (χ0n) is 15.8. The Morgan fingerprint density at radius 1 is 1.05 bits per heavy atom. The molecule has 0 radical (unpaired) electrons. The molecule has 0 aromatic heterocycles. The molecular formula is C20H39NO. The van der Waals surface area contributed by atoms with Gasteiger partial charge in [0.25, 0.3) is 0 Å². The molecule has 0 fully saturated rings. The Hall–Kier alpha value is -0.530. The van der Waals surface area contributed by atoms with E-state index in [1.165, 1.54) is 64.2 Å². The number of hydrogen-bond acceptors (Lipinski definition) is 2. The predicted octanol–water partition coefficient (Wildman–Crippen LogP) is 6.39. The fourth-order valence-corrected chi connectivity index (χ4v) is 3.13. The zero-order chi connectivity index (χ0) is 16.4. The average Bonchev–Trinajstić information content (AvgIpc) is 3.00. The van der Waals surface area contributed by atoms with E-state index in [0.29, 0.717) is 12.0 Å². The second-order valence-electron chi connectivity index (χ2n) is 7.81. The van der Waals surface area contributed by atoms with Crippen LogP contribution in [0.25, 0.3) is 0 Å². The van der Waals surface area contributed by atoms with Crippen LogP contribution >= 0.6 is 0 Å². The summed E-state index contributed by atoms with van der Waals surface area (Å²) in [6, 6.07) is 0.387. The standard InChI is InChI=1S/C20H39NO/c1-6-8-9-10-11-12-13-14-15-20(4,5)19-21-18(16-22-19)17(3)7-2/h17-18H,6-16H2,1-5H3. The lowest BCUT2D eigenvalue weighted by atomic mass is 9.86. The molecular weight excluding hydrogens is 270 g/mol. The summed E-state index contributed by atoms with van der Waals surface area (Å²) in [5.74, 6) is 1.65. The van der Waals surface area contributed by atoms with Crippen LogP contribution in [0.4, 0.5) is 0 Å². The summed E-state index contributed by atoms with van der Waals surface area (Å²) < 4.78 is 5.93. The molecule has 2 nitrogen and oxygen atoms in total. The lowest BCUT2D eigenvalue weighted by Crippen LogP contribution is -2.24. The molecule has 2 atom stereocenters. The van der Waals surface area contributed by atoms with Crippen LogP contribution in [0.3, 0.4) is 0 Å². The van der Waals surface area contributed by atoms with Crippen molar-refractivity contribution >= 4 is 5.90 Å². The fraction of sp³-hybridized carbons (Fsp3) is 0.950. The molecule has 0 aromatic carbocycles. The van der Waals surface area contributed by atoms with Crippen molar-refractivity contribution in [1.82, 2.24) is 0 Å². The molecule has 130 valence electrons. The summed E-state index contributed by atoms with van der Waals surface area (Å²) in [5.41, 5.74) is 0.115. The van der Waals surface area contributed by atoms with Gasteiger partial charge < -0.3 is 4.74 Å². The molecule has 1 rings (SSSR count). The van der Waals surface area contributed by atoms with E-state index in [9.17, 15) is 0 Å². The van der Waals surface area contributed by atoms with Gasteiger partial charge in [-0.2, -0.15) is 0 Å². The van der Waals surface area contributed by atoms with Crippen molar-refractivity contribution in [3.05, 3.63) is 0 Å². The highest BCUT2D eigenvalue weighted by atomic mass is 16.5. The third-order valence-corrected chi connectivity index (χ3v) is 5.21. The first-order valence-electron chi connectivity index (χ1n) is 9.72. The van der Waals surface area contributed by atoms with E-state index < -0.39 is 0 Å². The highest BCUT2D eigenvalue weighted by molar-refractivity contribution is 5.83. The normalized spacial score (nSPS) is 19.9. The maximum atomic E-state index is 5.93. The van der Waals surface area contributed by atoms with Crippen LogP contribution in [0.15, 0.2) is 4.99 Å². The summed E-state index contributed by atoms with van der Waals surface area (Å²) in [5, 5.41) is 0. The number of aliphatic imine (C=N–C) groups is 1. The van der Waals surface area contributed by atoms with E-state index in [-0.39, 0.29) is 5.41 Å². The smallest absolute Gasteiger partial charge is 0.189 e. The lowest BCUT2D eigenvalue weighted by Gasteiger charge is -2.23. The Balaban J connectivity index is 2.21. The minimum atomic E-state index is 0.115. The monoisotopic (exact) mass is 309 g/mol. The molecule has 0 saturated heterocycles. The van der Waals surface area contributed by atoms with Gasteiger partial charge in [-0.15, -0.1) is 0 Å². The molecule has 2 unspecified atom stereocenters. The quantitative estimate of drug-likeness (QED) is 0.383. The van der Waals surface area contributed by atoms with Gasteiger partial charge in [0, 0.05) is 5.41 Å². The molecule has 0 amide bonds. The molecule has 1 aliphatic rings. The molecule has 2 heteroatoms. The first kappa shape index (κ1) is 19.5. The third-order valence-electron chi connectivity index (χ3n) is 5.21. The lowest BCUT2D eigenvalue weighted by molar-refractivity contribution is 0.248. The molecule has 0 spiro atoms. The number of rotatable bonds is 12. The molecule has 1 heterocycles. The molecule has 1 aliphatic heterocycles. The first-order valence-corrected chi connectivity index (χ1v) is 9.72. The largest absolute Gasteiger partial charge is 0.478 e. The van der Waals surface area contributed by atoms with Crippen molar-refractivity contribution in [1.29, 1.82) is 0 Å². The van der Waals surface area contributed by atoms with Gasteiger partial charge in [-0.1, -0.05) is 92.4 Å². The van der Waals surface area contributed by atoms with Crippen molar-refractivity contribution in [3.8, 4) is 0 Å². The molecule has 0 bridgehead atoms. The molecule has 0 aromatic rings. The third kappa shape index (κ3) is 6.71. The van der Waals surface area contributed by atoms with Crippen molar-refractivity contribution < 1.29 is 4.74 Å². The zero-order valence-corrected chi connectivity index (χ0v) is 15.8. The molecule has 0 saturated carbocycles. The summed E-state index contributed by atoms with van der Waals surface area (Å²) in [6.45, 7) is 12.2. The Morgan fingerprint density at radius 2 is 1.64 bits per heavy atom. The summed E-state index contributed by atoms with van der Waals surface area (Å²) >= 11 is 0. The first-order chi connectivity index (χ1) is 10.5. The Kier molecular flexibility index (Phi) is 9.12. The molecule has 0 N–H and O–H groups in total. The van der Waals surface area contributed by atoms with Crippen LogP contribution in [-0.4, -0.2) is 18.5 Å². The maximum absolute atomic E-state index is 5.93. The van der Waals surface area contributed by atoms with Crippen LogP contribution in [-0.2, 0) is 4.74 Å². The highest BCUT2D eigenvalue weighted by Crippen LogP contribution is 2.31. The van der Waals surface area contributed by atoms with Crippen molar-refractivity contribution in [2.24, 2.45) is 16.3 Å². The van der Waals surface area contributed by atoms with E-state index in [1.54, 1.807) is 0 Å². The van der Waals surface area contributed by atoms with Gasteiger partial charge in [-0.3, -0.25) is 0 Å². The molecule has 22 heavy (non-hydrogen) atoms. The van der Waals surface area contributed by atoms with Gasteiger partial charge in [-0.25, -0.2) is 4.99 Å². The predicted molar refractivity (Wildman–Crippen MR) is 97.6 cm³/mol. The summed E-state index contributed by atoms with van der Waals surface area (Å²) in [7, 11) is 0. The van der Waals surface area contributed by atoms with Crippen LogP contribution in [0.1, 0.15) is 98.8 Å². The van der Waals surface area contributed by atoms with Gasteiger partial charge in [0.2, 0.25) is 0 Å². The number of unbranched alkanes of at least 4 members (excludes halogenated alkanes) is 7. The van der Waals surface area contributed by atoms with Gasteiger partial charge in [0.1, 0.15) is 6.61 Å². The second kappa shape index (κ2) is 10.3.